The maximum absolute atomic E-state index is 14.2. The Morgan fingerprint density at radius 1 is 1.17 bits per heavy atom. The van der Waals surface area contributed by atoms with E-state index in [9.17, 15) is 28.6 Å². The number of benzene rings is 2. The van der Waals surface area contributed by atoms with Crippen LogP contribution in [-0.2, 0) is 10.2 Å². The van der Waals surface area contributed by atoms with Crippen LogP contribution in [0.4, 0.5) is 8.78 Å². The third kappa shape index (κ3) is 2.80. The van der Waals surface area contributed by atoms with Crippen LogP contribution in [-0.4, -0.2) is 26.7 Å². The van der Waals surface area contributed by atoms with E-state index in [1.807, 2.05) is 0 Å². The molecule has 1 aromatic heterocycles. The van der Waals surface area contributed by atoms with Gasteiger partial charge < -0.3 is 10.2 Å². The zero-order valence-electron chi connectivity index (χ0n) is 16.6. The summed E-state index contributed by atoms with van der Waals surface area (Å²) in [6, 6.07) is 7.30. The Kier molecular flexibility index (Phi) is 4.64. The highest BCUT2D eigenvalue weighted by molar-refractivity contribution is 6.06. The van der Waals surface area contributed by atoms with Gasteiger partial charge in [-0.2, -0.15) is 0 Å². The molecule has 0 aliphatic heterocycles. The van der Waals surface area contributed by atoms with Gasteiger partial charge in [-0.05, 0) is 62.4 Å². The minimum atomic E-state index is -1.32. The molecule has 0 unspecified atom stereocenters. The predicted molar refractivity (Wildman–Crippen MR) is 107 cm³/mol. The molecule has 2 N–H and O–H groups in total. The summed E-state index contributed by atoms with van der Waals surface area (Å²) < 4.78 is 29.2. The summed E-state index contributed by atoms with van der Waals surface area (Å²) in [5.41, 5.74) is -0.427. The second-order valence-corrected chi connectivity index (χ2v) is 8.07. The Balaban J connectivity index is 2.05. The lowest BCUT2D eigenvalue weighted by Gasteiger charge is -2.40. The van der Waals surface area contributed by atoms with Crippen molar-refractivity contribution < 1.29 is 28.6 Å². The molecule has 1 fully saturated rings. The number of carboxylic acids is 1. The Hall–Kier alpha value is -3.22. The summed E-state index contributed by atoms with van der Waals surface area (Å²) in [7, 11) is 0. The topological polar surface area (TPSA) is 79.5 Å². The number of rotatable bonds is 4. The summed E-state index contributed by atoms with van der Waals surface area (Å²) in [6.07, 6.45) is 2.35. The highest BCUT2D eigenvalue weighted by Gasteiger charge is 2.48. The van der Waals surface area contributed by atoms with Crippen LogP contribution in [0.3, 0.4) is 0 Å². The van der Waals surface area contributed by atoms with E-state index in [-0.39, 0.29) is 17.0 Å². The van der Waals surface area contributed by atoms with E-state index in [2.05, 4.69) is 0 Å². The number of carbonyl (C=O) groups excluding carboxylic acids is 1. The van der Waals surface area contributed by atoms with Gasteiger partial charge in [-0.1, -0.05) is 12.5 Å². The lowest BCUT2D eigenvalue weighted by Crippen LogP contribution is -2.44. The number of phenolic OH excluding ortho intramolecular Hbond substituents is 1. The zero-order chi connectivity index (χ0) is 21.8. The molecule has 1 aliphatic rings. The molecule has 4 rings (SSSR count). The lowest BCUT2D eigenvalue weighted by molar-refractivity contribution is -0.146. The van der Waals surface area contributed by atoms with Crippen LogP contribution < -0.4 is 0 Å². The molecule has 1 atom stereocenters. The second-order valence-electron chi connectivity index (χ2n) is 8.07. The number of aromatic hydroxyl groups is 1. The second kappa shape index (κ2) is 6.93. The molecule has 1 saturated carbocycles. The number of phenols is 1. The first-order chi connectivity index (χ1) is 14.2. The van der Waals surface area contributed by atoms with Crippen molar-refractivity contribution in [1.82, 2.24) is 4.57 Å². The number of carbonyl (C=O) groups is 2. The van der Waals surface area contributed by atoms with Crippen LogP contribution in [0.25, 0.3) is 10.9 Å². The maximum atomic E-state index is 14.2. The summed E-state index contributed by atoms with van der Waals surface area (Å²) >= 11 is 0. The van der Waals surface area contributed by atoms with Crippen molar-refractivity contribution in [2.24, 2.45) is 5.92 Å². The van der Waals surface area contributed by atoms with E-state index >= 15 is 0 Å². The van der Waals surface area contributed by atoms with E-state index in [4.69, 9.17) is 0 Å². The first kappa shape index (κ1) is 20.1. The summed E-state index contributed by atoms with van der Waals surface area (Å²) in [4.78, 5) is 25.7. The number of nitrogens with zero attached hydrogens (tertiary/aromatic N) is 1. The normalized spacial score (nSPS) is 16.3. The average Bonchev–Trinajstić information content (AvgIpc) is 2.91. The number of aliphatic carboxylic acids is 1. The lowest BCUT2D eigenvalue weighted by atomic mass is 9.62. The van der Waals surface area contributed by atoms with Gasteiger partial charge in [0.15, 0.2) is 11.6 Å². The third-order valence-corrected chi connectivity index (χ3v) is 6.43. The molecule has 3 aromatic rings. The van der Waals surface area contributed by atoms with E-state index in [0.29, 0.717) is 16.6 Å². The number of carboxylic acid groups (broad SMARTS) is 1. The van der Waals surface area contributed by atoms with Crippen molar-refractivity contribution in [1.29, 1.82) is 0 Å². The van der Waals surface area contributed by atoms with Crippen LogP contribution in [0, 0.1) is 24.5 Å². The number of aromatic nitrogens is 1. The van der Waals surface area contributed by atoms with Crippen molar-refractivity contribution in [3.63, 3.8) is 0 Å². The first-order valence-electron chi connectivity index (χ1n) is 9.74. The zero-order valence-corrected chi connectivity index (χ0v) is 16.6. The van der Waals surface area contributed by atoms with Gasteiger partial charge in [0.1, 0.15) is 5.82 Å². The van der Waals surface area contributed by atoms with Gasteiger partial charge in [0.2, 0.25) is 0 Å². The molecule has 7 heteroatoms. The molecule has 0 amide bonds. The standard InChI is InChI=1S/C23H21F2NO4/c1-12-20(23(2,22(29)30)14-6-4-7-14)16-10-19(27)17(25)11-18(16)26(12)21(28)13-5-3-8-15(24)9-13/h3,5,8-11,14,27H,4,6-7H2,1-2H3,(H,29,30)/t23-/m1/s1. The minimum absolute atomic E-state index is 0.0516. The number of hydrogen-bond acceptors (Lipinski definition) is 3. The minimum Gasteiger partial charge on any atom is -0.505 e. The van der Waals surface area contributed by atoms with Crippen molar-refractivity contribution in [3.8, 4) is 5.75 Å². The number of hydrogen-bond donors (Lipinski definition) is 2. The highest BCUT2D eigenvalue weighted by atomic mass is 19.1. The van der Waals surface area contributed by atoms with E-state index in [1.54, 1.807) is 13.8 Å². The van der Waals surface area contributed by atoms with Crippen molar-refractivity contribution >= 4 is 22.8 Å². The third-order valence-electron chi connectivity index (χ3n) is 6.43. The van der Waals surface area contributed by atoms with Gasteiger partial charge in [-0.15, -0.1) is 0 Å². The van der Waals surface area contributed by atoms with Crippen molar-refractivity contribution in [2.75, 3.05) is 0 Å². The molecular formula is C23H21F2NO4. The van der Waals surface area contributed by atoms with Gasteiger partial charge in [0.25, 0.3) is 5.91 Å². The van der Waals surface area contributed by atoms with Gasteiger partial charge in [0, 0.05) is 22.7 Å². The van der Waals surface area contributed by atoms with Crippen LogP contribution in [0.1, 0.15) is 47.8 Å². The monoisotopic (exact) mass is 413 g/mol. The molecule has 156 valence electrons. The summed E-state index contributed by atoms with van der Waals surface area (Å²) in [6.45, 7) is 3.21. The fraction of sp³-hybridized carbons (Fsp3) is 0.304. The molecular weight excluding hydrogens is 392 g/mol. The quantitative estimate of drug-likeness (QED) is 0.646. The van der Waals surface area contributed by atoms with E-state index in [0.717, 1.165) is 31.4 Å². The van der Waals surface area contributed by atoms with Crippen LogP contribution in [0.15, 0.2) is 36.4 Å². The van der Waals surface area contributed by atoms with Gasteiger partial charge in [-0.25, -0.2) is 8.78 Å². The largest absolute Gasteiger partial charge is 0.505 e. The van der Waals surface area contributed by atoms with Gasteiger partial charge >= 0.3 is 5.97 Å². The van der Waals surface area contributed by atoms with Crippen LogP contribution in [0.2, 0.25) is 0 Å². The molecule has 1 heterocycles. The predicted octanol–water partition coefficient (Wildman–Crippen LogP) is 4.76. The highest BCUT2D eigenvalue weighted by Crippen LogP contribution is 2.49. The van der Waals surface area contributed by atoms with Crippen LogP contribution in [0.5, 0.6) is 5.75 Å². The Morgan fingerprint density at radius 3 is 2.43 bits per heavy atom. The van der Waals surface area contributed by atoms with Gasteiger partial charge in [-0.3, -0.25) is 14.2 Å². The smallest absolute Gasteiger partial charge is 0.314 e. The van der Waals surface area contributed by atoms with Gasteiger partial charge in [0.05, 0.1) is 10.9 Å². The fourth-order valence-corrected chi connectivity index (χ4v) is 4.56. The average molecular weight is 413 g/mol. The molecule has 30 heavy (non-hydrogen) atoms. The SMILES string of the molecule is Cc1c([C@](C)(C(=O)O)C2CCC2)c2cc(O)c(F)cc2n1C(=O)c1cccc(F)c1. The number of halogens is 2. The van der Waals surface area contributed by atoms with E-state index in [1.165, 1.54) is 28.8 Å². The molecule has 0 spiro atoms. The maximum Gasteiger partial charge on any atom is 0.314 e. The molecule has 0 saturated heterocycles. The molecule has 5 nitrogen and oxygen atoms in total. The van der Waals surface area contributed by atoms with Crippen molar-refractivity contribution in [2.45, 2.75) is 38.5 Å². The Morgan fingerprint density at radius 2 is 1.87 bits per heavy atom. The van der Waals surface area contributed by atoms with Crippen molar-refractivity contribution in [3.05, 3.63) is 64.9 Å². The Bertz CT molecular complexity index is 1200. The first-order valence-corrected chi connectivity index (χ1v) is 9.74. The molecule has 0 radical (unpaired) electrons. The Labute approximate surface area is 171 Å². The summed E-state index contributed by atoms with van der Waals surface area (Å²) in [5, 5.41) is 20.4. The molecule has 1 aliphatic carbocycles. The van der Waals surface area contributed by atoms with E-state index < -0.39 is 34.7 Å². The fourth-order valence-electron chi connectivity index (χ4n) is 4.56. The molecule has 2 aromatic carbocycles. The molecule has 0 bridgehead atoms. The summed E-state index contributed by atoms with van der Waals surface area (Å²) in [5.74, 6) is -3.94. The van der Waals surface area contributed by atoms with Crippen LogP contribution >= 0.6 is 0 Å². The number of fused-ring (bicyclic) bond motifs is 1.